The quantitative estimate of drug-likeness (QED) is 0.700. The number of fused-ring (bicyclic) bond motifs is 1. The van der Waals surface area contributed by atoms with Gasteiger partial charge in [0, 0.05) is 17.9 Å². The number of nitrogens with zero attached hydrogens (tertiary/aromatic N) is 3. The lowest BCUT2D eigenvalue weighted by Gasteiger charge is -2.15. The Bertz CT molecular complexity index is 563. The molecule has 0 unspecified atom stereocenters. The molecule has 6 heteroatoms. The zero-order valence-electron chi connectivity index (χ0n) is 9.05. The van der Waals surface area contributed by atoms with E-state index in [1.165, 1.54) is 6.20 Å². The van der Waals surface area contributed by atoms with E-state index in [2.05, 4.69) is 15.4 Å². The number of nitrogens with two attached hydrogens (primary N) is 1. The smallest absolute Gasteiger partial charge is 0.280 e. The molecule has 1 aromatic carbocycles. The highest BCUT2D eigenvalue weighted by atomic mass is 16.2. The van der Waals surface area contributed by atoms with Crippen LogP contribution in [0.2, 0.25) is 0 Å². The maximum absolute atomic E-state index is 12.1. The Balaban J connectivity index is 1.98. The Morgan fingerprint density at radius 2 is 2.35 bits per heavy atom. The third-order valence-corrected chi connectivity index (χ3v) is 2.88. The van der Waals surface area contributed by atoms with Gasteiger partial charge in [-0.15, -0.1) is 0 Å². The van der Waals surface area contributed by atoms with Crippen molar-refractivity contribution in [2.45, 2.75) is 6.42 Å². The van der Waals surface area contributed by atoms with Crippen LogP contribution >= 0.6 is 0 Å². The Labute approximate surface area is 97.4 Å². The molecule has 3 rings (SSSR count). The van der Waals surface area contributed by atoms with Crippen LogP contribution in [0.1, 0.15) is 16.1 Å². The van der Waals surface area contributed by atoms with E-state index >= 15 is 0 Å². The number of nitrogen functional groups attached to an aromatic ring is 1. The predicted octanol–water partition coefficient (Wildman–Crippen LogP) is 0.590. The van der Waals surface area contributed by atoms with Gasteiger partial charge in [0.1, 0.15) is 0 Å². The minimum Gasteiger partial charge on any atom is -0.399 e. The summed E-state index contributed by atoms with van der Waals surface area (Å²) in [5, 5.41) is 9.87. The molecule has 1 aliphatic rings. The second-order valence-electron chi connectivity index (χ2n) is 3.95. The van der Waals surface area contributed by atoms with Crippen LogP contribution < -0.4 is 10.6 Å². The Morgan fingerprint density at radius 1 is 1.47 bits per heavy atom. The highest BCUT2D eigenvalue weighted by molar-refractivity contribution is 6.06. The van der Waals surface area contributed by atoms with Crippen molar-refractivity contribution in [3.63, 3.8) is 0 Å². The Hall–Kier alpha value is -2.37. The average Bonchev–Trinajstić information content (AvgIpc) is 2.97. The maximum atomic E-state index is 12.1. The zero-order chi connectivity index (χ0) is 11.8. The van der Waals surface area contributed by atoms with Crippen LogP contribution in [0.5, 0.6) is 0 Å². The normalized spacial score (nSPS) is 13.8. The first-order chi connectivity index (χ1) is 8.25. The number of hydrogen-bond acceptors (Lipinski definition) is 4. The first-order valence-electron chi connectivity index (χ1n) is 5.32. The second kappa shape index (κ2) is 3.58. The molecule has 1 amide bonds. The van der Waals surface area contributed by atoms with Gasteiger partial charge in [0.2, 0.25) is 0 Å². The minimum absolute atomic E-state index is 0.150. The zero-order valence-corrected chi connectivity index (χ0v) is 9.05. The molecule has 3 N–H and O–H groups in total. The van der Waals surface area contributed by atoms with Crippen LogP contribution in [0.3, 0.4) is 0 Å². The summed E-state index contributed by atoms with van der Waals surface area (Å²) in [5.41, 5.74) is 8.72. The van der Waals surface area contributed by atoms with Crippen LogP contribution in [0.25, 0.3) is 0 Å². The second-order valence-corrected chi connectivity index (χ2v) is 3.95. The molecule has 2 aromatic rings. The van der Waals surface area contributed by atoms with Gasteiger partial charge in [-0.1, -0.05) is 6.07 Å². The third-order valence-electron chi connectivity index (χ3n) is 2.88. The molecule has 1 aliphatic heterocycles. The lowest BCUT2D eigenvalue weighted by Crippen LogP contribution is -2.29. The van der Waals surface area contributed by atoms with E-state index in [1.54, 1.807) is 4.90 Å². The first kappa shape index (κ1) is 9.83. The molecule has 0 atom stereocenters. The fourth-order valence-corrected chi connectivity index (χ4v) is 2.05. The molecule has 0 bridgehead atoms. The number of nitrogens with one attached hydrogen (secondary N) is 1. The van der Waals surface area contributed by atoms with Crippen molar-refractivity contribution in [1.82, 2.24) is 15.4 Å². The van der Waals surface area contributed by atoms with Crippen molar-refractivity contribution in [2.75, 3.05) is 17.2 Å². The third kappa shape index (κ3) is 1.54. The summed E-state index contributed by atoms with van der Waals surface area (Å²) >= 11 is 0. The van der Waals surface area contributed by atoms with Crippen molar-refractivity contribution in [3.05, 3.63) is 35.7 Å². The molecule has 17 heavy (non-hydrogen) atoms. The predicted molar refractivity (Wildman–Crippen MR) is 62.6 cm³/mol. The first-order valence-corrected chi connectivity index (χ1v) is 5.32. The van der Waals surface area contributed by atoms with Crippen LogP contribution in [0.15, 0.2) is 24.4 Å². The number of aromatic nitrogens is 3. The van der Waals surface area contributed by atoms with Gasteiger partial charge < -0.3 is 10.6 Å². The van der Waals surface area contributed by atoms with E-state index in [0.29, 0.717) is 17.9 Å². The molecular formula is C11H11N5O. The SMILES string of the molecule is Nc1ccc2c(c1)N(C(=O)c1cn[nH]n1)CC2. The summed E-state index contributed by atoms with van der Waals surface area (Å²) in [6, 6.07) is 5.63. The summed E-state index contributed by atoms with van der Waals surface area (Å²) in [6.45, 7) is 0.657. The van der Waals surface area contributed by atoms with E-state index in [1.807, 2.05) is 18.2 Å². The van der Waals surface area contributed by atoms with Gasteiger partial charge in [-0.05, 0) is 24.1 Å². The van der Waals surface area contributed by atoms with Crippen molar-refractivity contribution >= 4 is 17.3 Å². The van der Waals surface area contributed by atoms with Gasteiger partial charge in [0.15, 0.2) is 5.69 Å². The van der Waals surface area contributed by atoms with Crippen LogP contribution in [0.4, 0.5) is 11.4 Å². The minimum atomic E-state index is -0.150. The lowest BCUT2D eigenvalue weighted by molar-refractivity contribution is 0.0984. The van der Waals surface area contributed by atoms with Gasteiger partial charge in [-0.3, -0.25) is 4.79 Å². The topological polar surface area (TPSA) is 87.9 Å². The van der Waals surface area contributed by atoms with Gasteiger partial charge in [0.25, 0.3) is 5.91 Å². The van der Waals surface area contributed by atoms with Crippen molar-refractivity contribution < 1.29 is 4.79 Å². The fraction of sp³-hybridized carbons (Fsp3) is 0.182. The molecule has 0 radical (unpaired) electrons. The van der Waals surface area contributed by atoms with E-state index in [4.69, 9.17) is 5.73 Å². The standard InChI is InChI=1S/C11H11N5O/c12-8-2-1-7-3-4-16(10(7)5-8)11(17)9-6-13-15-14-9/h1-2,5-6H,3-4,12H2,(H,13,14,15). The molecule has 0 saturated carbocycles. The highest BCUT2D eigenvalue weighted by Gasteiger charge is 2.26. The molecule has 0 aliphatic carbocycles. The molecule has 0 saturated heterocycles. The molecule has 2 heterocycles. The number of carbonyl (C=O) groups excluding carboxylic acids is 1. The number of rotatable bonds is 1. The molecule has 0 spiro atoms. The van der Waals surface area contributed by atoms with E-state index in [-0.39, 0.29) is 5.91 Å². The van der Waals surface area contributed by atoms with Crippen LogP contribution in [-0.2, 0) is 6.42 Å². The maximum Gasteiger partial charge on any atom is 0.280 e. The molecular weight excluding hydrogens is 218 g/mol. The average molecular weight is 229 g/mol. The Morgan fingerprint density at radius 3 is 3.12 bits per heavy atom. The van der Waals surface area contributed by atoms with Crippen LogP contribution in [0, 0.1) is 0 Å². The van der Waals surface area contributed by atoms with Gasteiger partial charge in [0.05, 0.1) is 6.20 Å². The number of aromatic amines is 1. The fourth-order valence-electron chi connectivity index (χ4n) is 2.05. The number of amides is 1. The molecule has 6 nitrogen and oxygen atoms in total. The van der Waals surface area contributed by atoms with Crippen molar-refractivity contribution in [2.24, 2.45) is 0 Å². The molecule has 0 fully saturated rings. The number of H-pyrrole nitrogens is 1. The van der Waals surface area contributed by atoms with Gasteiger partial charge in [-0.2, -0.15) is 15.4 Å². The number of anilines is 2. The highest BCUT2D eigenvalue weighted by Crippen LogP contribution is 2.30. The van der Waals surface area contributed by atoms with Gasteiger partial charge in [-0.25, -0.2) is 0 Å². The van der Waals surface area contributed by atoms with Crippen molar-refractivity contribution in [1.29, 1.82) is 0 Å². The molecule has 1 aromatic heterocycles. The number of carbonyl (C=O) groups is 1. The monoisotopic (exact) mass is 229 g/mol. The van der Waals surface area contributed by atoms with E-state index < -0.39 is 0 Å². The largest absolute Gasteiger partial charge is 0.399 e. The summed E-state index contributed by atoms with van der Waals surface area (Å²) in [6.07, 6.45) is 2.27. The Kier molecular flexibility index (Phi) is 2.07. The summed E-state index contributed by atoms with van der Waals surface area (Å²) < 4.78 is 0. The number of benzene rings is 1. The summed E-state index contributed by atoms with van der Waals surface area (Å²) in [5.74, 6) is -0.150. The van der Waals surface area contributed by atoms with E-state index in [0.717, 1.165) is 17.7 Å². The van der Waals surface area contributed by atoms with E-state index in [9.17, 15) is 4.79 Å². The number of hydrogen-bond donors (Lipinski definition) is 2. The molecule has 86 valence electrons. The van der Waals surface area contributed by atoms with Gasteiger partial charge >= 0.3 is 0 Å². The summed E-state index contributed by atoms with van der Waals surface area (Å²) in [7, 11) is 0. The summed E-state index contributed by atoms with van der Waals surface area (Å²) in [4.78, 5) is 13.8. The lowest BCUT2D eigenvalue weighted by atomic mass is 10.1. The van der Waals surface area contributed by atoms with Crippen molar-refractivity contribution in [3.8, 4) is 0 Å². The van der Waals surface area contributed by atoms with Crippen LogP contribution in [-0.4, -0.2) is 27.9 Å².